The molecule has 0 bridgehead atoms. The summed E-state index contributed by atoms with van der Waals surface area (Å²) in [5, 5.41) is 4.17. The van der Waals surface area contributed by atoms with Gasteiger partial charge in [-0.05, 0) is 37.2 Å². The fraction of sp³-hybridized carbons (Fsp3) is 0.286. The van der Waals surface area contributed by atoms with E-state index in [2.05, 4.69) is 22.2 Å². The standard InChI is InChI=1S/C14H16ClN3/c1-3-16-14(11-4-6-12(15)7-5-11)13-8-9-17-10(2)18-13/h4-9,14,16H,3H2,1-2H3. The molecule has 2 aromatic rings. The monoisotopic (exact) mass is 261 g/mol. The lowest BCUT2D eigenvalue weighted by molar-refractivity contribution is 0.611. The van der Waals surface area contributed by atoms with Gasteiger partial charge in [-0.15, -0.1) is 0 Å². The van der Waals surface area contributed by atoms with E-state index in [-0.39, 0.29) is 6.04 Å². The Bertz CT molecular complexity index is 511. The fourth-order valence-electron chi connectivity index (χ4n) is 1.89. The molecule has 0 fully saturated rings. The molecule has 1 atom stereocenters. The number of rotatable bonds is 4. The van der Waals surface area contributed by atoms with E-state index >= 15 is 0 Å². The van der Waals surface area contributed by atoms with Crippen LogP contribution in [0.25, 0.3) is 0 Å². The van der Waals surface area contributed by atoms with Crippen molar-refractivity contribution in [1.82, 2.24) is 15.3 Å². The van der Waals surface area contributed by atoms with Crippen LogP contribution in [0.4, 0.5) is 0 Å². The van der Waals surface area contributed by atoms with Crippen LogP contribution in [0, 0.1) is 6.92 Å². The summed E-state index contributed by atoms with van der Waals surface area (Å²) in [6.07, 6.45) is 1.79. The van der Waals surface area contributed by atoms with Crippen LogP contribution in [0.3, 0.4) is 0 Å². The molecular weight excluding hydrogens is 246 g/mol. The molecule has 4 heteroatoms. The minimum atomic E-state index is 0.0777. The van der Waals surface area contributed by atoms with Gasteiger partial charge < -0.3 is 5.32 Å². The van der Waals surface area contributed by atoms with Crippen LogP contribution in [0.2, 0.25) is 5.02 Å². The first-order chi connectivity index (χ1) is 8.70. The maximum Gasteiger partial charge on any atom is 0.125 e. The predicted octanol–water partition coefficient (Wildman–Crippen LogP) is 3.14. The lowest BCUT2D eigenvalue weighted by Crippen LogP contribution is -2.23. The largest absolute Gasteiger partial charge is 0.305 e. The maximum atomic E-state index is 5.92. The van der Waals surface area contributed by atoms with Crippen LogP contribution in [0.5, 0.6) is 0 Å². The van der Waals surface area contributed by atoms with Gasteiger partial charge in [-0.2, -0.15) is 0 Å². The molecule has 18 heavy (non-hydrogen) atoms. The molecule has 0 amide bonds. The Morgan fingerprint density at radius 2 is 1.94 bits per heavy atom. The average Bonchev–Trinajstić information content (AvgIpc) is 2.37. The van der Waals surface area contributed by atoms with Gasteiger partial charge in [0.1, 0.15) is 5.82 Å². The Morgan fingerprint density at radius 3 is 2.56 bits per heavy atom. The topological polar surface area (TPSA) is 37.8 Å². The highest BCUT2D eigenvalue weighted by Gasteiger charge is 2.14. The Kier molecular flexibility index (Phi) is 4.28. The normalized spacial score (nSPS) is 12.4. The van der Waals surface area contributed by atoms with E-state index in [1.807, 2.05) is 37.3 Å². The number of halogens is 1. The van der Waals surface area contributed by atoms with Gasteiger partial charge >= 0.3 is 0 Å². The predicted molar refractivity (Wildman–Crippen MR) is 73.7 cm³/mol. The molecule has 0 aliphatic rings. The van der Waals surface area contributed by atoms with Crippen molar-refractivity contribution in [1.29, 1.82) is 0 Å². The third kappa shape index (κ3) is 3.06. The van der Waals surface area contributed by atoms with Crippen LogP contribution in [0.15, 0.2) is 36.5 Å². The Hall–Kier alpha value is -1.45. The number of nitrogens with one attached hydrogen (secondary N) is 1. The highest BCUT2D eigenvalue weighted by Crippen LogP contribution is 2.21. The number of nitrogens with zero attached hydrogens (tertiary/aromatic N) is 2. The quantitative estimate of drug-likeness (QED) is 0.919. The van der Waals surface area contributed by atoms with Gasteiger partial charge in [0.25, 0.3) is 0 Å². The molecule has 1 unspecified atom stereocenters. The number of hydrogen-bond acceptors (Lipinski definition) is 3. The van der Waals surface area contributed by atoms with Crippen molar-refractivity contribution < 1.29 is 0 Å². The van der Waals surface area contributed by atoms with Crippen molar-refractivity contribution in [3.8, 4) is 0 Å². The van der Waals surface area contributed by atoms with Crippen molar-refractivity contribution in [3.63, 3.8) is 0 Å². The second-order valence-electron chi connectivity index (χ2n) is 4.07. The Balaban J connectivity index is 2.36. The molecule has 3 nitrogen and oxygen atoms in total. The van der Waals surface area contributed by atoms with Gasteiger partial charge in [0.05, 0.1) is 11.7 Å². The van der Waals surface area contributed by atoms with E-state index in [1.54, 1.807) is 6.20 Å². The van der Waals surface area contributed by atoms with E-state index in [9.17, 15) is 0 Å². The molecule has 2 rings (SSSR count). The zero-order valence-electron chi connectivity index (χ0n) is 10.5. The van der Waals surface area contributed by atoms with Gasteiger partial charge in [-0.1, -0.05) is 30.7 Å². The molecule has 1 heterocycles. The first kappa shape index (κ1) is 13.0. The van der Waals surface area contributed by atoms with E-state index in [0.29, 0.717) is 0 Å². The molecule has 0 aliphatic carbocycles. The van der Waals surface area contributed by atoms with Crippen molar-refractivity contribution >= 4 is 11.6 Å². The molecular formula is C14H16ClN3. The molecule has 1 aromatic carbocycles. The number of aromatic nitrogens is 2. The van der Waals surface area contributed by atoms with Gasteiger partial charge in [-0.3, -0.25) is 0 Å². The zero-order chi connectivity index (χ0) is 13.0. The minimum Gasteiger partial charge on any atom is -0.305 e. The van der Waals surface area contributed by atoms with E-state index in [4.69, 9.17) is 11.6 Å². The molecule has 0 saturated carbocycles. The third-order valence-corrected chi connectivity index (χ3v) is 2.96. The SMILES string of the molecule is CCNC(c1ccc(Cl)cc1)c1ccnc(C)n1. The highest BCUT2D eigenvalue weighted by molar-refractivity contribution is 6.30. The average molecular weight is 262 g/mol. The summed E-state index contributed by atoms with van der Waals surface area (Å²) in [5.41, 5.74) is 2.13. The van der Waals surface area contributed by atoms with E-state index in [0.717, 1.165) is 28.6 Å². The minimum absolute atomic E-state index is 0.0777. The molecule has 0 spiro atoms. The Morgan fingerprint density at radius 1 is 1.22 bits per heavy atom. The summed E-state index contributed by atoms with van der Waals surface area (Å²) in [6, 6.07) is 9.86. The first-order valence-electron chi connectivity index (χ1n) is 5.99. The summed E-state index contributed by atoms with van der Waals surface area (Å²) >= 11 is 5.92. The van der Waals surface area contributed by atoms with Crippen LogP contribution in [-0.4, -0.2) is 16.5 Å². The van der Waals surface area contributed by atoms with Gasteiger partial charge in [0.2, 0.25) is 0 Å². The van der Waals surface area contributed by atoms with E-state index < -0.39 is 0 Å². The van der Waals surface area contributed by atoms with Crippen molar-refractivity contribution in [3.05, 3.63) is 58.6 Å². The summed E-state index contributed by atoms with van der Waals surface area (Å²) < 4.78 is 0. The van der Waals surface area contributed by atoms with Crippen LogP contribution < -0.4 is 5.32 Å². The van der Waals surface area contributed by atoms with Crippen molar-refractivity contribution in [2.75, 3.05) is 6.54 Å². The molecule has 0 saturated heterocycles. The van der Waals surface area contributed by atoms with Crippen molar-refractivity contribution in [2.24, 2.45) is 0 Å². The lowest BCUT2D eigenvalue weighted by atomic mass is 10.0. The molecule has 0 radical (unpaired) electrons. The molecule has 1 N–H and O–H groups in total. The maximum absolute atomic E-state index is 5.92. The highest BCUT2D eigenvalue weighted by atomic mass is 35.5. The zero-order valence-corrected chi connectivity index (χ0v) is 11.3. The number of aryl methyl sites for hydroxylation is 1. The van der Waals surface area contributed by atoms with Crippen LogP contribution in [-0.2, 0) is 0 Å². The second-order valence-corrected chi connectivity index (χ2v) is 4.51. The smallest absolute Gasteiger partial charge is 0.125 e. The van der Waals surface area contributed by atoms with Gasteiger partial charge in [0, 0.05) is 11.2 Å². The summed E-state index contributed by atoms with van der Waals surface area (Å²) in [5.74, 6) is 0.782. The third-order valence-electron chi connectivity index (χ3n) is 2.70. The summed E-state index contributed by atoms with van der Waals surface area (Å²) in [4.78, 5) is 8.61. The Labute approximate surface area is 112 Å². The summed E-state index contributed by atoms with van der Waals surface area (Å²) in [7, 11) is 0. The van der Waals surface area contributed by atoms with E-state index in [1.165, 1.54) is 0 Å². The lowest BCUT2D eigenvalue weighted by Gasteiger charge is -2.18. The number of hydrogen-bond donors (Lipinski definition) is 1. The second kappa shape index (κ2) is 5.94. The van der Waals surface area contributed by atoms with Crippen molar-refractivity contribution in [2.45, 2.75) is 19.9 Å². The van der Waals surface area contributed by atoms with Gasteiger partial charge in [0.15, 0.2) is 0 Å². The molecule has 1 aromatic heterocycles. The van der Waals surface area contributed by atoms with Gasteiger partial charge in [-0.25, -0.2) is 9.97 Å². The molecule has 94 valence electrons. The first-order valence-corrected chi connectivity index (χ1v) is 6.37. The molecule has 0 aliphatic heterocycles. The summed E-state index contributed by atoms with van der Waals surface area (Å²) in [6.45, 7) is 4.85. The number of benzene rings is 1. The van der Waals surface area contributed by atoms with Crippen LogP contribution >= 0.6 is 11.6 Å². The van der Waals surface area contributed by atoms with Crippen LogP contribution in [0.1, 0.15) is 30.0 Å². The fourth-order valence-corrected chi connectivity index (χ4v) is 2.01.